The van der Waals surface area contributed by atoms with Gasteiger partial charge in [0.05, 0.1) is 0 Å². The lowest BCUT2D eigenvalue weighted by Crippen LogP contribution is -1.98. The number of benzene rings is 1. The molecule has 3 aromatic rings. The second-order valence-corrected chi connectivity index (χ2v) is 5.14. The van der Waals surface area contributed by atoms with Crippen molar-refractivity contribution in [1.82, 2.24) is 15.0 Å². The lowest BCUT2D eigenvalue weighted by atomic mass is 10.1. The van der Waals surface area contributed by atoms with Crippen molar-refractivity contribution in [3.8, 4) is 11.5 Å². The van der Waals surface area contributed by atoms with Crippen LogP contribution in [0.5, 0.6) is 0 Å². The zero-order valence-electron chi connectivity index (χ0n) is 11.3. The first-order valence-corrected chi connectivity index (χ1v) is 7.13. The van der Waals surface area contributed by atoms with Crippen molar-refractivity contribution in [2.75, 3.05) is 0 Å². The predicted molar refractivity (Wildman–Crippen MR) is 84.2 cm³/mol. The van der Waals surface area contributed by atoms with Gasteiger partial charge in [0.25, 0.3) is 0 Å². The van der Waals surface area contributed by atoms with Crippen LogP contribution >= 0.6 is 12.2 Å². The summed E-state index contributed by atoms with van der Waals surface area (Å²) in [6, 6.07) is 12.1. The molecule has 0 radical (unpaired) electrons. The third-order valence-electron chi connectivity index (χ3n) is 3.22. The maximum Gasteiger partial charge on any atom is 0.158 e. The first-order chi connectivity index (χ1) is 9.78. The molecule has 0 aliphatic heterocycles. The molecule has 100 valence electrons. The number of aromatic nitrogens is 3. The summed E-state index contributed by atoms with van der Waals surface area (Å²) >= 11 is 5.27. The van der Waals surface area contributed by atoms with Crippen molar-refractivity contribution in [3.63, 3.8) is 0 Å². The number of hydrogen-bond donors (Lipinski definition) is 1. The van der Waals surface area contributed by atoms with E-state index in [1.807, 2.05) is 30.5 Å². The average molecular weight is 281 g/mol. The largest absolute Gasteiger partial charge is 0.342 e. The first-order valence-electron chi connectivity index (χ1n) is 6.72. The number of H-pyrrole nitrogens is 1. The third-order valence-corrected chi connectivity index (χ3v) is 3.43. The monoisotopic (exact) mass is 281 g/mol. The van der Waals surface area contributed by atoms with E-state index in [4.69, 9.17) is 12.2 Å². The number of pyridine rings is 1. The van der Waals surface area contributed by atoms with Gasteiger partial charge < -0.3 is 4.98 Å². The highest BCUT2D eigenvalue weighted by Crippen LogP contribution is 2.23. The molecule has 0 aliphatic rings. The van der Waals surface area contributed by atoms with Gasteiger partial charge in [0.2, 0.25) is 0 Å². The number of aromatic amines is 1. The molecule has 2 heterocycles. The van der Waals surface area contributed by atoms with E-state index >= 15 is 0 Å². The Morgan fingerprint density at radius 1 is 1.20 bits per heavy atom. The molecule has 20 heavy (non-hydrogen) atoms. The van der Waals surface area contributed by atoms with E-state index < -0.39 is 0 Å². The normalized spacial score (nSPS) is 10.8. The van der Waals surface area contributed by atoms with Gasteiger partial charge in [-0.1, -0.05) is 49.8 Å². The Bertz CT molecular complexity index is 803. The van der Waals surface area contributed by atoms with Gasteiger partial charge >= 0.3 is 0 Å². The summed E-state index contributed by atoms with van der Waals surface area (Å²) in [5.41, 5.74) is 1.96. The topological polar surface area (TPSA) is 41.6 Å². The van der Waals surface area contributed by atoms with Gasteiger partial charge in [-0.05, 0) is 23.9 Å². The van der Waals surface area contributed by atoms with Gasteiger partial charge in [-0.3, -0.25) is 4.98 Å². The number of aryl methyl sites for hydroxylation is 1. The van der Waals surface area contributed by atoms with E-state index in [0.29, 0.717) is 4.64 Å². The van der Waals surface area contributed by atoms with E-state index in [9.17, 15) is 0 Å². The minimum atomic E-state index is 0.608. The SMILES string of the molecule is CCCc1cc(=S)nc(-c2nccc3ccccc23)[nH]1. The first kappa shape index (κ1) is 12.9. The van der Waals surface area contributed by atoms with Crippen LogP contribution in [0.3, 0.4) is 0 Å². The van der Waals surface area contributed by atoms with E-state index in [1.54, 1.807) is 0 Å². The molecule has 1 aromatic carbocycles. The fourth-order valence-corrected chi connectivity index (χ4v) is 2.57. The average Bonchev–Trinajstić information content (AvgIpc) is 2.46. The lowest BCUT2D eigenvalue weighted by molar-refractivity contribution is 0.872. The summed E-state index contributed by atoms with van der Waals surface area (Å²) in [4.78, 5) is 12.3. The van der Waals surface area contributed by atoms with Crippen LogP contribution < -0.4 is 0 Å². The molecule has 0 unspecified atom stereocenters. The molecule has 0 spiro atoms. The number of rotatable bonds is 3. The fraction of sp³-hybridized carbons (Fsp3) is 0.188. The quantitative estimate of drug-likeness (QED) is 0.727. The van der Waals surface area contributed by atoms with Gasteiger partial charge in [0, 0.05) is 17.3 Å². The molecule has 3 nitrogen and oxygen atoms in total. The number of nitrogens with zero attached hydrogens (tertiary/aromatic N) is 2. The number of fused-ring (bicyclic) bond motifs is 1. The molecule has 3 rings (SSSR count). The van der Waals surface area contributed by atoms with Crippen molar-refractivity contribution >= 4 is 23.0 Å². The smallest absolute Gasteiger partial charge is 0.158 e. The van der Waals surface area contributed by atoms with Crippen molar-refractivity contribution in [2.24, 2.45) is 0 Å². The Labute approximate surface area is 122 Å². The zero-order chi connectivity index (χ0) is 13.9. The van der Waals surface area contributed by atoms with E-state index in [2.05, 4.69) is 34.0 Å². The zero-order valence-corrected chi connectivity index (χ0v) is 12.1. The number of nitrogens with one attached hydrogen (secondary N) is 1. The van der Waals surface area contributed by atoms with Crippen LogP contribution in [0.2, 0.25) is 0 Å². The van der Waals surface area contributed by atoms with Crippen LogP contribution in [-0.2, 0) is 6.42 Å². The van der Waals surface area contributed by atoms with Crippen LogP contribution in [0.25, 0.3) is 22.3 Å². The van der Waals surface area contributed by atoms with E-state index in [0.717, 1.165) is 40.8 Å². The van der Waals surface area contributed by atoms with Crippen LogP contribution in [0.15, 0.2) is 42.6 Å². The minimum Gasteiger partial charge on any atom is -0.342 e. The third kappa shape index (κ3) is 2.47. The second kappa shape index (κ2) is 5.51. The minimum absolute atomic E-state index is 0.608. The molecule has 0 atom stereocenters. The summed E-state index contributed by atoms with van der Waals surface area (Å²) in [5, 5.41) is 2.24. The Morgan fingerprint density at radius 3 is 2.90 bits per heavy atom. The standard InChI is InChI=1S/C16H15N3S/c1-2-5-12-10-14(20)19-16(18-12)15-13-7-4-3-6-11(13)8-9-17-15/h3-4,6-10H,2,5H2,1H3,(H,18,19,20). The van der Waals surface area contributed by atoms with E-state index in [1.165, 1.54) is 0 Å². The van der Waals surface area contributed by atoms with Crippen molar-refractivity contribution in [1.29, 1.82) is 0 Å². The Hall–Kier alpha value is -2.07. The molecule has 0 bridgehead atoms. The molecule has 2 aromatic heterocycles. The maximum absolute atomic E-state index is 5.27. The second-order valence-electron chi connectivity index (χ2n) is 4.72. The van der Waals surface area contributed by atoms with Crippen molar-refractivity contribution in [2.45, 2.75) is 19.8 Å². The molecule has 0 amide bonds. The number of hydrogen-bond acceptors (Lipinski definition) is 3. The molecule has 0 saturated heterocycles. The van der Waals surface area contributed by atoms with Gasteiger partial charge in [0.15, 0.2) is 5.82 Å². The van der Waals surface area contributed by atoms with E-state index in [-0.39, 0.29) is 0 Å². The summed E-state index contributed by atoms with van der Waals surface area (Å²) in [6.07, 6.45) is 3.84. The molecular weight excluding hydrogens is 266 g/mol. The van der Waals surface area contributed by atoms with Gasteiger partial charge in [-0.15, -0.1) is 0 Å². The molecule has 1 N–H and O–H groups in total. The van der Waals surface area contributed by atoms with Crippen LogP contribution in [0.4, 0.5) is 0 Å². The Balaban J connectivity index is 2.23. The fourth-order valence-electron chi connectivity index (χ4n) is 2.33. The van der Waals surface area contributed by atoms with Gasteiger partial charge in [0.1, 0.15) is 10.3 Å². The van der Waals surface area contributed by atoms with Crippen molar-refractivity contribution < 1.29 is 0 Å². The van der Waals surface area contributed by atoms with Gasteiger partial charge in [-0.25, -0.2) is 4.98 Å². The lowest BCUT2D eigenvalue weighted by Gasteiger charge is -2.07. The van der Waals surface area contributed by atoms with Gasteiger partial charge in [-0.2, -0.15) is 0 Å². The molecule has 0 aliphatic carbocycles. The highest BCUT2D eigenvalue weighted by Gasteiger charge is 2.08. The van der Waals surface area contributed by atoms with Crippen LogP contribution in [0, 0.1) is 4.64 Å². The molecular formula is C16H15N3S. The van der Waals surface area contributed by atoms with Crippen LogP contribution in [0.1, 0.15) is 19.0 Å². The summed E-state index contributed by atoms with van der Waals surface area (Å²) in [6.45, 7) is 2.15. The molecule has 0 saturated carbocycles. The summed E-state index contributed by atoms with van der Waals surface area (Å²) < 4.78 is 0.608. The highest BCUT2D eigenvalue weighted by molar-refractivity contribution is 7.71. The molecule has 0 fully saturated rings. The molecule has 4 heteroatoms. The summed E-state index contributed by atoms with van der Waals surface area (Å²) in [7, 11) is 0. The predicted octanol–water partition coefficient (Wildman–Crippen LogP) is 4.31. The van der Waals surface area contributed by atoms with Crippen LogP contribution in [-0.4, -0.2) is 15.0 Å². The highest BCUT2D eigenvalue weighted by atomic mass is 32.1. The van der Waals surface area contributed by atoms with Crippen molar-refractivity contribution in [3.05, 3.63) is 52.9 Å². The summed E-state index contributed by atoms with van der Waals surface area (Å²) in [5.74, 6) is 0.748. The maximum atomic E-state index is 5.27. The Morgan fingerprint density at radius 2 is 2.05 bits per heavy atom. The Kier molecular flexibility index (Phi) is 3.56.